The van der Waals surface area contributed by atoms with Crippen LogP contribution in [0.15, 0.2) is 24.0 Å². The lowest BCUT2D eigenvalue weighted by Gasteiger charge is -2.40. The van der Waals surface area contributed by atoms with Crippen molar-refractivity contribution in [3.8, 4) is 11.5 Å². The minimum Gasteiger partial charge on any atom is -0.497 e. The summed E-state index contributed by atoms with van der Waals surface area (Å²) in [6.07, 6.45) is 5.16. The first-order valence-electron chi connectivity index (χ1n) is 13.1. The van der Waals surface area contributed by atoms with Gasteiger partial charge in [-0.15, -0.1) is 0 Å². The summed E-state index contributed by atoms with van der Waals surface area (Å²) in [5.41, 5.74) is -0.0375. The van der Waals surface area contributed by atoms with Crippen LogP contribution in [-0.4, -0.2) is 73.8 Å². The summed E-state index contributed by atoms with van der Waals surface area (Å²) < 4.78 is 34.8. The number of nitrogens with zero attached hydrogens (tertiary/aromatic N) is 1. The molecule has 0 N–H and O–H groups in total. The molecular formula is C28H35NO8. The van der Waals surface area contributed by atoms with Crippen LogP contribution in [0.3, 0.4) is 0 Å². The van der Waals surface area contributed by atoms with Gasteiger partial charge in [-0.05, 0) is 81.8 Å². The maximum Gasteiger partial charge on any atom is 0.339 e. The van der Waals surface area contributed by atoms with Crippen molar-refractivity contribution in [1.29, 1.82) is 0 Å². The number of rotatable bonds is 5. The maximum absolute atomic E-state index is 14.0. The third-order valence-electron chi connectivity index (χ3n) is 8.83. The number of carbonyl (C=O) groups is 2. The number of carbonyl (C=O) groups excluding carboxylic acids is 2. The molecule has 5 aliphatic rings. The van der Waals surface area contributed by atoms with E-state index < -0.39 is 29.2 Å². The highest BCUT2D eigenvalue weighted by Crippen LogP contribution is 2.56. The molecule has 1 spiro atoms. The number of esters is 2. The van der Waals surface area contributed by atoms with Gasteiger partial charge in [0.25, 0.3) is 0 Å². The molecule has 4 heterocycles. The van der Waals surface area contributed by atoms with Gasteiger partial charge in [-0.3, -0.25) is 9.69 Å². The fraction of sp³-hybridized carbons (Fsp3) is 0.643. The summed E-state index contributed by atoms with van der Waals surface area (Å²) >= 11 is 0. The Bertz CT molecular complexity index is 1160. The predicted molar refractivity (Wildman–Crippen MR) is 131 cm³/mol. The van der Waals surface area contributed by atoms with Crippen molar-refractivity contribution in [2.24, 2.45) is 0 Å². The number of fused-ring (bicyclic) bond motifs is 3. The van der Waals surface area contributed by atoms with Gasteiger partial charge in [0, 0.05) is 6.54 Å². The van der Waals surface area contributed by atoms with E-state index in [-0.39, 0.29) is 24.7 Å². The van der Waals surface area contributed by atoms with Crippen LogP contribution < -0.4 is 9.47 Å². The average Bonchev–Trinajstić information content (AvgIpc) is 3.62. The molecule has 2 fully saturated rings. The Morgan fingerprint density at radius 2 is 1.86 bits per heavy atom. The van der Waals surface area contributed by atoms with E-state index in [9.17, 15) is 9.59 Å². The Balaban J connectivity index is 1.41. The molecule has 37 heavy (non-hydrogen) atoms. The van der Waals surface area contributed by atoms with Gasteiger partial charge >= 0.3 is 11.9 Å². The van der Waals surface area contributed by atoms with Crippen LogP contribution in [0.1, 0.15) is 63.0 Å². The number of hydrogen-bond donors (Lipinski definition) is 0. The predicted octanol–water partition coefficient (Wildman–Crippen LogP) is 3.24. The van der Waals surface area contributed by atoms with Crippen LogP contribution in [0.4, 0.5) is 0 Å². The fourth-order valence-electron chi connectivity index (χ4n) is 7.10. The Morgan fingerprint density at radius 1 is 1.08 bits per heavy atom. The van der Waals surface area contributed by atoms with Gasteiger partial charge in [0.15, 0.2) is 23.2 Å². The molecule has 1 aliphatic carbocycles. The van der Waals surface area contributed by atoms with Gasteiger partial charge in [-0.25, -0.2) is 4.79 Å². The van der Waals surface area contributed by atoms with E-state index in [1.807, 2.05) is 13.8 Å². The van der Waals surface area contributed by atoms with E-state index in [1.54, 1.807) is 7.11 Å². The molecule has 1 aromatic carbocycles. The molecule has 200 valence electrons. The van der Waals surface area contributed by atoms with Crippen molar-refractivity contribution >= 4 is 11.9 Å². The van der Waals surface area contributed by atoms with E-state index in [0.29, 0.717) is 24.4 Å². The molecular weight excluding hydrogens is 478 g/mol. The summed E-state index contributed by atoms with van der Waals surface area (Å²) in [5, 5.41) is 0. The van der Waals surface area contributed by atoms with Crippen LogP contribution >= 0.6 is 0 Å². The minimum absolute atomic E-state index is 0.189. The standard InChI is InChI=1S/C28H35NO8/c1-26(2)8-9-28(37-26,15-22(30)33-4)25(31)36-24-21(32-3)14-27-7-5-10-29(27)11-6-17-12-19-20(35-16-34-19)13-18(17)23(24)27/h12-14,23-24H,5-11,15-16H2,1-4H3/t23-,24-,27+,28?/m1/s1. The van der Waals surface area contributed by atoms with Crippen LogP contribution in [0.25, 0.3) is 0 Å². The highest BCUT2D eigenvalue weighted by molar-refractivity contribution is 5.86. The van der Waals surface area contributed by atoms with Crippen LogP contribution in [0, 0.1) is 0 Å². The zero-order valence-corrected chi connectivity index (χ0v) is 22.0. The number of methoxy groups -OCH3 is 2. The van der Waals surface area contributed by atoms with E-state index in [2.05, 4.69) is 23.1 Å². The van der Waals surface area contributed by atoms with E-state index in [1.165, 1.54) is 7.11 Å². The minimum atomic E-state index is -1.40. The van der Waals surface area contributed by atoms with Gasteiger partial charge in [0.05, 0.1) is 37.7 Å². The van der Waals surface area contributed by atoms with Gasteiger partial charge in [0.2, 0.25) is 6.79 Å². The van der Waals surface area contributed by atoms with Crippen LogP contribution in [0.2, 0.25) is 0 Å². The van der Waals surface area contributed by atoms with Gasteiger partial charge in [-0.2, -0.15) is 0 Å². The largest absolute Gasteiger partial charge is 0.497 e. The maximum atomic E-state index is 14.0. The first-order chi connectivity index (χ1) is 17.7. The van der Waals surface area contributed by atoms with Crippen molar-refractivity contribution < 1.29 is 38.0 Å². The molecule has 0 aromatic heterocycles. The summed E-state index contributed by atoms with van der Waals surface area (Å²) in [5.74, 6) is 0.838. The van der Waals surface area contributed by atoms with Crippen molar-refractivity contribution in [1.82, 2.24) is 4.90 Å². The van der Waals surface area contributed by atoms with E-state index in [4.69, 9.17) is 28.4 Å². The molecule has 1 unspecified atom stereocenters. The Kier molecular flexibility index (Phi) is 5.73. The summed E-state index contributed by atoms with van der Waals surface area (Å²) in [4.78, 5) is 28.8. The topological polar surface area (TPSA) is 92.8 Å². The summed E-state index contributed by atoms with van der Waals surface area (Å²) in [6, 6.07) is 4.12. The van der Waals surface area contributed by atoms with Gasteiger partial charge in [0.1, 0.15) is 5.76 Å². The van der Waals surface area contributed by atoms with Crippen molar-refractivity contribution in [3.63, 3.8) is 0 Å². The first kappa shape index (κ1) is 24.6. The molecule has 1 aromatic rings. The van der Waals surface area contributed by atoms with Crippen LogP contribution in [-0.2, 0) is 35.0 Å². The zero-order chi connectivity index (χ0) is 26.0. The zero-order valence-electron chi connectivity index (χ0n) is 22.0. The monoisotopic (exact) mass is 513 g/mol. The quantitative estimate of drug-likeness (QED) is 0.550. The SMILES string of the molecule is COC(=O)CC1(C(=O)O[C@@H]2C(OC)=C[C@]34CCCN3CCc3cc5c(cc3[C@H]24)OCO5)CCC(C)(C)O1. The second kappa shape index (κ2) is 8.63. The lowest BCUT2D eigenvalue weighted by molar-refractivity contribution is -0.188. The lowest BCUT2D eigenvalue weighted by Crippen LogP contribution is -2.49. The van der Waals surface area contributed by atoms with Gasteiger partial charge in [-0.1, -0.05) is 0 Å². The average molecular weight is 514 g/mol. The first-order valence-corrected chi connectivity index (χ1v) is 13.1. The number of hydrogen-bond acceptors (Lipinski definition) is 9. The Labute approximate surface area is 217 Å². The Morgan fingerprint density at radius 3 is 2.57 bits per heavy atom. The number of benzene rings is 1. The molecule has 0 bridgehead atoms. The fourth-order valence-corrected chi connectivity index (χ4v) is 7.10. The van der Waals surface area contributed by atoms with Crippen molar-refractivity contribution in [2.45, 2.75) is 81.1 Å². The summed E-state index contributed by atoms with van der Waals surface area (Å²) in [6.45, 7) is 5.90. The molecule has 4 aliphatic heterocycles. The summed E-state index contributed by atoms with van der Waals surface area (Å²) in [7, 11) is 2.93. The molecule has 0 saturated carbocycles. The third-order valence-corrected chi connectivity index (χ3v) is 8.83. The molecule has 4 atom stereocenters. The highest BCUT2D eigenvalue weighted by Gasteiger charge is 2.60. The van der Waals surface area contributed by atoms with Crippen molar-refractivity contribution in [2.75, 3.05) is 34.1 Å². The lowest BCUT2D eigenvalue weighted by atomic mass is 9.77. The highest BCUT2D eigenvalue weighted by atomic mass is 16.7. The molecule has 6 rings (SSSR count). The molecule has 0 amide bonds. The van der Waals surface area contributed by atoms with E-state index >= 15 is 0 Å². The second-order valence-electron chi connectivity index (χ2n) is 11.4. The van der Waals surface area contributed by atoms with Crippen molar-refractivity contribution in [3.05, 3.63) is 35.1 Å². The third kappa shape index (κ3) is 3.81. The smallest absolute Gasteiger partial charge is 0.339 e. The normalized spacial score (nSPS) is 33.1. The molecule has 9 nitrogen and oxygen atoms in total. The Hall–Kier alpha value is -2.78. The van der Waals surface area contributed by atoms with Gasteiger partial charge < -0.3 is 28.4 Å². The number of ether oxygens (including phenoxy) is 6. The van der Waals surface area contributed by atoms with E-state index in [0.717, 1.165) is 49.2 Å². The molecule has 9 heteroatoms. The second-order valence-corrected chi connectivity index (χ2v) is 11.4. The molecule has 2 saturated heterocycles. The molecule has 0 radical (unpaired) electrons. The van der Waals surface area contributed by atoms with Crippen LogP contribution in [0.5, 0.6) is 11.5 Å².